The van der Waals surface area contributed by atoms with Gasteiger partial charge in [0.25, 0.3) is 0 Å². The van der Waals surface area contributed by atoms with E-state index in [-0.39, 0.29) is 18.2 Å². The van der Waals surface area contributed by atoms with Crippen LogP contribution in [-0.4, -0.2) is 18.4 Å². The lowest BCUT2D eigenvalue weighted by Crippen LogP contribution is -2.33. The average Bonchev–Trinajstić information content (AvgIpc) is 2.59. The van der Waals surface area contributed by atoms with Crippen LogP contribution in [0.25, 0.3) is 0 Å². The molecular weight excluding hydrogens is 371 g/mol. The van der Waals surface area contributed by atoms with Gasteiger partial charge in [0.1, 0.15) is 0 Å². The summed E-state index contributed by atoms with van der Waals surface area (Å²) in [6, 6.07) is 10.9. The third kappa shape index (κ3) is 4.99. The molecule has 0 aliphatic rings. The maximum absolute atomic E-state index is 12.3. The van der Waals surface area contributed by atoms with Gasteiger partial charge in [-0.2, -0.15) is 0 Å². The highest BCUT2D eigenvalue weighted by atomic mass is 35.5. The number of para-hydroxylation sites is 1. The van der Waals surface area contributed by atoms with E-state index < -0.39 is 0 Å². The Labute approximate surface area is 164 Å². The Balaban J connectivity index is 2.10. The van der Waals surface area contributed by atoms with Gasteiger partial charge < -0.3 is 10.2 Å². The number of carbonyl (C=O) groups excluding carboxylic acids is 2. The molecule has 1 N–H and O–H groups in total. The van der Waals surface area contributed by atoms with Crippen LogP contribution < -0.4 is 10.2 Å². The Morgan fingerprint density at radius 1 is 1.12 bits per heavy atom. The summed E-state index contributed by atoms with van der Waals surface area (Å²) in [5.41, 5.74) is 3.57. The molecule has 0 saturated heterocycles. The molecule has 0 aliphatic heterocycles. The summed E-state index contributed by atoms with van der Waals surface area (Å²) < 4.78 is 0. The molecule has 6 heteroatoms. The van der Waals surface area contributed by atoms with Crippen LogP contribution in [0.1, 0.15) is 31.4 Å². The smallest absolute Gasteiger partial charge is 0.226 e. The molecule has 138 valence electrons. The number of amides is 2. The predicted molar refractivity (Wildman–Crippen MR) is 108 cm³/mol. The molecule has 0 bridgehead atoms. The van der Waals surface area contributed by atoms with Crippen LogP contribution in [0.2, 0.25) is 10.0 Å². The zero-order valence-electron chi connectivity index (χ0n) is 15.1. The number of anilines is 2. The molecule has 0 unspecified atom stereocenters. The molecule has 0 fully saturated rings. The van der Waals surface area contributed by atoms with Crippen LogP contribution in [0.15, 0.2) is 36.4 Å². The van der Waals surface area contributed by atoms with Gasteiger partial charge in [0.05, 0.1) is 10.0 Å². The van der Waals surface area contributed by atoms with Gasteiger partial charge in [-0.1, -0.05) is 48.3 Å². The molecule has 0 atom stereocenters. The highest BCUT2D eigenvalue weighted by molar-refractivity contribution is 6.42. The van der Waals surface area contributed by atoms with E-state index in [1.807, 2.05) is 32.0 Å². The van der Waals surface area contributed by atoms with Crippen molar-refractivity contribution in [3.05, 3.63) is 57.6 Å². The van der Waals surface area contributed by atoms with Crippen LogP contribution in [0.3, 0.4) is 0 Å². The third-order valence-corrected chi connectivity index (χ3v) is 4.86. The molecule has 0 saturated carbocycles. The number of halogens is 2. The first-order valence-electron chi connectivity index (χ1n) is 8.45. The summed E-state index contributed by atoms with van der Waals surface area (Å²) in [7, 11) is 0. The molecule has 0 aromatic heterocycles. The molecule has 0 radical (unpaired) electrons. The van der Waals surface area contributed by atoms with Gasteiger partial charge in [-0.15, -0.1) is 0 Å². The molecular formula is C20H22Cl2N2O2. The van der Waals surface area contributed by atoms with Gasteiger partial charge in [-0.05, 0) is 42.7 Å². The van der Waals surface area contributed by atoms with Gasteiger partial charge in [-0.3, -0.25) is 9.59 Å². The minimum absolute atomic E-state index is 0.0867. The summed E-state index contributed by atoms with van der Waals surface area (Å²) in [4.78, 5) is 26.1. The second-order valence-electron chi connectivity index (χ2n) is 6.03. The third-order valence-electron chi connectivity index (χ3n) is 4.12. The standard InChI is InChI=1S/C20H22Cl2N2O2/c1-4-15-7-5-6-13(2)20(15)24(14(3)25)11-10-19(26)23-16-8-9-17(21)18(22)12-16/h5-9,12H,4,10-11H2,1-3H3,(H,23,26). The Morgan fingerprint density at radius 3 is 2.46 bits per heavy atom. The number of carbonyl (C=O) groups is 2. The highest BCUT2D eigenvalue weighted by Gasteiger charge is 2.18. The lowest BCUT2D eigenvalue weighted by molar-refractivity contribution is -0.117. The second-order valence-corrected chi connectivity index (χ2v) is 6.85. The van der Waals surface area contributed by atoms with Crippen molar-refractivity contribution < 1.29 is 9.59 Å². The molecule has 2 amide bonds. The average molecular weight is 393 g/mol. The molecule has 2 aromatic carbocycles. The molecule has 4 nitrogen and oxygen atoms in total. The number of benzene rings is 2. The highest BCUT2D eigenvalue weighted by Crippen LogP contribution is 2.27. The van der Waals surface area contributed by atoms with Gasteiger partial charge >= 0.3 is 0 Å². The van der Waals surface area contributed by atoms with E-state index >= 15 is 0 Å². The predicted octanol–water partition coefficient (Wildman–Crippen LogP) is 5.25. The van der Waals surface area contributed by atoms with Crippen molar-refractivity contribution in [3.8, 4) is 0 Å². The lowest BCUT2D eigenvalue weighted by Gasteiger charge is -2.25. The summed E-state index contributed by atoms with van der Waals surface area (Å²) in [6.07, 6.45) is 0.994. The topological polar surface area (TPSA) is 49.4 Å². The van der Waals surface area contributed by atoms with Crippen molar-refractivity contribution in [2.45, 2.75) is 33.6 Å². The second kappa shape index (κ2) is 9.06. The normalized spacial score (nSPS) is 10.5. The van der Waals surface area contributed by atoms with Gasteiger partial charge in [0.15, 0.2) is 0 Å². The van der Waals surface area contributed by atoms with E-state index in [0.717, 1.165) is 23.2 Å². The van der Waals surface area contributed by atoms with E-state index in [1.165, 1.54) is 6.92 Å². The van der Waals surface area contributed by atoms with Crippen molar-refractivity contribution >= 4 is 46.4 Å². The zero-order valence-corrected chi connectivity index (χ0v) is 16.6. The lowest BCUT2D eigenvalue weighted by atomic mass is 10.0. The number of rotatable bonds is 6. The fraction of sp³-hybridized carbons (Fsp3) is 0.300. The molecule has 0 heterocycles. The van der Waals surface area contributed by atoms with Gasteiger partial charge in [-0.25, -0.2) is 0 Å². The summed E-state index contributed by atoms with van der Waals surface area (Å²) >= 11 is 11.8. The SMILES string of the molecule is CCc1cccc(C)c1N(CCC(=O)Nc1ccc(Cl)c(Cl)c1)C(C)=O. The number of hydrogen-bond acceptors (Lipinski definition) is 2. The molecule has 0 aliphatic carbocycles. The van der Waals surface area contributed by atoms with Crippen molar-refractivity contribution in [2.75, 3.05) is 16.8 Å². The minimum atomic E-state index is -0.193. The van der Waals surface area contributed by atoms with Crippen LogP contribution in [-0.2, 0) is 16.0 Å². The van der Waals surface area contributed by atoms with Gasteiger partial charge in [0, 0.05) is 31.3 Å². The van der Waals surface area contributed by atoms with E-state index in [2.05, 4.69) is 5.32 Å². The first-order valence-corrected chi connectivity index (χ1v) is 9.20. The maximum atomic E-state index is 12.3. The number of nitrogens with zero attached hydrogens (tertiary/aromatic N) is 1. The Hall–Kier alpha value is -2.04. The molecule has 2 aromatic rings. The monoisotopic (exact) mass is 392 g/mol. The van der Waals surface area contributed by atoms with Crippen LogP contribution in [0.5, 0.6) is 0 Å². The minimum Gasteiger partial charge on any atom is -0.326 e. The van der Waals surface area contributed by atoms with Crippen LogP contribution in [0.4, 0.5) is 11.4 Å². The number of hydrogen-bond donors (Lipinski definition) is 1. The van der Waals surface area contributed by atoms with E-state index in [1.54, 1.807) is 23.1 Å². The van der Waals surface area contributed by atoms with Crippen molar-refractivity contribution in [1.82, 2.24) is 0 Å². The fourth-order valence-electron chi connectivity index (χ4n) is 2.83. The van der Waals surface area contributed by atoms with E-state index in [4.69, 9.17) is 23.2 Å². The Morgan fingerprint density at radius 2 is 1.85 bits per heavy atom. The zero-order chi connectivity index (χ0) is 19.3. The summed E-state index contributed by atoms with van der Waals surface area (Å²) in [5.74, 6) is -0.280. The van der Waals surface area contributed by atoms with E-state index in [0.29, 0.717) is 22.3 Å². The summed E-state index contributed by atoms with van der Waals surface area (Å²) in [6.45, 7) is 5.84. The van der Waals surface area contributed by atoms with Crippen molar-refractivity contribution in [2.24, 2.45) is 0 Å². The number of nitrogens with one attached hydrogen (secondary N) is 1. The quantitative estimate of drug-likeness (QED) is 0.729. The number of aryl methyl sites for hydroxylation is 2. The first kappa shape index (κ1) is 20.3. The van der Waals surface area contributed by atoms with Gasteiger partial charge in [0.2, 0.25) is 11.8 Å². The maximum Gasteiger partial charge on any atom is 0.226 e. The Kier molecular flexibility index (Phi) is 7.06. The Bertz CT molecular complexity index is 821. The van der Waals surface area contributed by atoms with Crippen LogP contribution >= 0.6 is 23.2 Å². The van der Waals surface area contributed by atoms with Crippen molar-refractivity contribution in [3.63, 3.8) is 0 Å². The van der Waals surface area contributed by atoms with E-state index in [9.17, 15) is 9.59 Å². The summed E-state index contributed by atoms with van der Waals surface area (Å²) in [5, 5.41) is 3.59. The molecule has 2 rings (SSSR count). The first-order chi connectivity index (χ1) is 12.3. The largest absolute Gasteiger partial charge is 0.326 e. The molecule has 26 heavy (non-hydrogen) atoms. The van der Waals surface area contributed by atoms with Crippen molar-refractivity contribution in [1.29, 1.82) is 0 Å². The van der Waals surface area contributed by atoms with Crippen LogP contribution in [0, 0.1) is 6.92 Å². The fourth-order valence-corrected chi connectivity index (χ4v) is 3.13. The molecule has 0 spiro atoms.